The smallest absolute Gasteiger partial charge is 0.0409 e. The first kappa shape index (κ1) is 10.9. The predicted octanol–water partition coefficient (Wildman–Crippen LogP) is 2.13. The monoisotopic (exact) mass is 224 g/mol. The lowest BCUT2D eigenvalue weighted by Crippen LogP contribution is -2.29. The van der Waals surface area contributed by atoms with Crippen LogP contribution in [-0.2, 0) is 6.54 Å². The van der Waals surface area contributed by atoms with E-state index in [0.717, 1.165) is 18.1 Å². The molecule has 2 nitrogen and oxygen atoms in total. The van der Waals surface area contributed by atoms with Crippen LogP contribution in [0.4, 0.5) is 0 Å². The minimum absolute atomic E-state index is 0.657. The highest BCUT2D eigenvalue weighted by molar-refractivity contribution is 6.30. The van der Waals surface area contributed by atoms with Crippen molar-refractivity contribution in [1.29, 1.82) is 0 Å². The Labute approximate surface area is 96.2 Å². The molecule has 1 N–H and O–H groups in total. The van der Waals surface area contributed by atoms with E-state index in [0.29, 0.717) is 6.04 Å². The molecule has 1 heterocycles. The zero-order valence-corrected chi connectivity index (χ0v) is 9.80. The molecule has 1 aromatic carbocycles. The molecule has 1 fully saturated rings. The first-order valence-electron chi connectivity index (χ1n) is 5.42. The van der Waals surface area contributed by atoms with Crippen molar-refractivity contribution in [2.75, 3.05) is 20.1 Å². The average Bonchev–Trinajstić information content (AvgIpc) is 2.65. The maximum absolute atomic E-state index is 5.96. The van der Waals surface area contributed by atoms with Crippen LogP contribution < -0.4 is 5.32 Å². The highest BCUT2D eigenvalue weighted by Gasteiger charge is 2.20. The fourth-order valence-electron chi connectivity index (χ4n) is 2.11. The van der Waals surface area contributed by atoms with Crippen molar-refractivity contribution in [3.63, 3.8) is 0 Å². The molecule has 0 unspecified atom stereocenters. The molecule has 0 spiro atoms. The van der Waals surface area contributed by atoms with Crippen molar-refractivity contribution < 1.29 is 0 Å². The summed E-state index contributed by atoms with van der Waals surface area (Å²) in [6.45, 7) is 3.33. The minimum Gasteiger partial charge on any atom is -0.316 e. The van der Waals surface area contributed by atoms with Crippen LogP contribution in [0.25, 0.3) is 0 Å². The molecule has 3 heteroatoms. The van der Waals surface area contributed by atoms with Gasteiger partial charge in [-0.15, -0.1) is 0 Å². The maximum atomic E-state index is 5.96. The number of likely N-dealkylation sites (N-methyl/N-ethyl adjacent to an activating group) is 1. The van der Waals surface area contributed by atoms with Gasteiger partial charge in [0, 0.05) is 30.7 Å². The fourth-order valence-corrected chi connectivity index (χ4v) is 2.32. The van der Waals surface area contributed by atoms with Crippen LogP contribution in [0.1, 0.15) is 12.0 Å². The van der Waals surface area contributed by atoms with E-state index in [1.807, 2.05) is 25.2 Å². The van der Waals surface area contributed by atoms with Gasteiger partial charge in [0.25, 0.3) is 0 Å². The van der Waals surface area contributed by atoms with E-state index in [1.54, 1.807) is 0 Å². The Morgan fingerprint density at radius 2 is 2.40 bits per heavy atom. The van der Waals surface area contributed by atoms with Gasteiger partial charge in [0.15, 0.2) is 0 Å². The standard InChI is InChI=1S/C12H17ClN2/c1-14-12-5-6-15(9-12)8-10-3-2-4-11(13)7-10/h2-4,7,12,14H,5-6,8-9H2,1H3/t12-/m0/s1. The molecule has 0 saturated carbocycles. The summed E-state index contributed by atoms with van der Waals surface area (Å²) in [6, 6.07) is 8.78. The van der Waals surface area contributed by atoms with Gasteiger partial charge >= 0.3 is 0 Å². The summed E-state index contributed by atoms with van der Waals surface area (Å²) in [4.78, 5) is 2.47. The molecule has 1 aliphatic rings. The van der Waals surface area contributed by atoms with Gasteiger partial charge in [0.1, 0.15) is 0 Å². The molecule has 1 saturated heterocycles. The second kappa shape index (κ2) is 4.97. The van der Waals surface area contributed by atoms with Gasteiger partial charge in [-0.2, -0.15) is 0 Å². The van der Waals surface area contributed by atoms with Crippen LogP contribution in [0.5, 0.6) is 0 Å². The van der Waals surface area contributed by atoms with E-state index in [9.17, 15) is 0 Å². The number of hydrogen-bond acceptors (Lipinski definition) is 2. The molecule has 82 valence electrons. The molecule has 15 heavy (non-hydrogen) atoms. The van der Waals surface area contributed by atoms with Crippen LogP contribution in [0, 0.1) is 0 Å². The van der Waals surface area contributed by atoms with E-state index >= 15 is 0 Å². The molecule has 1 aliphatic heterocycles. The van der Waals surface area contributed by atoms with Gasteiger partial charge in [0.2, 0.25) is 0 Å². The third-order valence-corrected chi connectivity index (χ3v) is 3.21. The number of nitrogens with zero attached hydrogens (tertiary/aromatic N) is 1. The largest absolute Gasteiger partial charge is 0.316 e. The maximum Gasteiger partial charge on any atom is 0.0409 e. The van der Waals surface area contributed by atoms with Crippen molar-refractivity contribution in [1.82, 2.24) is 10.2 Å². The fraction of sp³-hybridized carbons (Fsp3) is 0.500. The number of benzene rings is 1. The molecular formula is C12H17ClN2. The highest BCUT2D eigenvalue weighted by atomic mass is 35.5. The first-order valence-corrected chi connectivity index (χ1v) is 5.80. The van der Waals surface area contributed by atoms with Crippen molar-refractivity contribution in [3.05, 3.63) is 34.9 Å². The predicted molar refractivity (Wildman–Crippen MR) is 64.2 cm³/mol. The number of halogens is 1. The zero-order valence-electron chi connectivity index (χ0n) is 9.04. The minimum atomic E-state index is 0.657. The quantitative estimate of drug-likeness (QED) is 0.847. The van der Waals surface area contributed by atoms with Crippen LogP contribution in [0.2, 0.25) is 5.02 Å². The topological polar surface area (TPSA) is 15.3 Å². The molecule has 0 amide bonds. The second-order valence-electron chi connectivity index (χ2n) is 4.14. The normalized spacial score (nSPS) is 22.1. The molecular weight excluding hydrogens is 208 g/mol. The summed E-state index contributed by atoms with van der Waals surface area (Å²) in [6.07, 6.45) is 1.25. The Bertz CT molecular complexity index is 327. The van der Waals surface area contributed by atoms with E-state index in [2.05, 4.69) is 16.3 Å². The van der Waals surface area contributed by atoms with Crippen LogP contribution in [0.3, 0.4) is 0 Å². The van der Waals surface area contributed by atoms with Gasteiger partial charge < -0.3 is 5.32 Å². The lowest BCUT2D eigenvalue weighted by molar-refractivity contribution is 0.322. The highest BCUT2D eigenvalue weighted by Crippen LogP contribution is 2.16. The van der Waals surface area contributed by atoms with Crippen molar-refractivity contribution in [3.8, 4) is 0 Å². The van der Waals surface area contributed by atoms with E-state index in [1.165, 1.54) is 18.5 Å². The van der Waals surface area contributed by atoms with Crippen LogP contribution >= 0.6 is 11.6 Å². The number of nitrogens with one attached hydrogen (secondary N) is 1. The zero-order chi connectivity index (χ0) is 10.7. The Hall–Kier alpha value is -0.570. The van der Waals surface area contributed by atoms with Crippen molar-refractivity contribution in [2.24, 2.45) is 0 Å². The van der Waals surface area contributed by atoms with Gasteiger partial charge in [-0.3, -0.25) is 4.90 Å². The van der Waals surface area contributed by atoms with Gasteiger partial charge in [-0.25, -0.2) is 0 Å². The number of likely N-dealkylation sites (tertiary alicyclic amines) is 1. The van der Waals surface area contributed by atoms with E-state index in [4.69, 9.17) is 11.6 Å². The molecule has 1 atom stereocenters. The van der Waals surface area contributed by atoms with Crippen LogP contribution in [0.15, 0.2) is 24.3 Å². The van der Waals surface area contributed by atoms with Crippen LogP contribution in [-0.4, -0.2) is 31.1 Å². The summed E-state index contributed by atoms with van der Waals surface area (Å²) in [5.41, 5.74) is 1.30. The molecule has 0 aromatic heterocycles. The van der Waals surface area contributed by atoms with Gasteiger partial charge in [-0.05, 0) is 31.2 Å². The lowest BCUT2D eigenvalue weighted by Gasteiger charge is -2.15. The van der Waals surface area contributed by atoms with Crippen molar-refractivity contribution >= 4 is 11.6 Å². The molecule has 0 aliphatic carbocycles. The summed E-state index contributed by atoms with van der Waals surface area (Å²) in [5.74, 6) is 0. The van der Waals surface area contributed by atoms with Crippen molar-refractivity contribution in [2.45, 2.75) is 19.0 Å². The Kier molecular flexibility index (Phi) is 3.62. The second-order valence-corrected chi connectivity index (χ2v) is 4.58. The summed E-state index contributed by atoms with van der Waals surface area (Å²) < 4.78 is 0. The molecule has 0 radical (unpaired) electrons. The molecule has 2 rings (SSSR count). The van der Waals surface area contributed by atoms with E-state index in [-0.39, 0.29) is 0 Å². The average molecular weight is 225 g/mol. The Morgan fingerprint density at radius 1 is 1.53 bits per heavy atom. The Morgan fingerprint density at radius 3 is 3.07 bits per heavy atom. The third kappa shape index (κ3) is 2.94. The van der Waals surface area contributed by atoms with Gasteiger partial charge in [0.05, 0.1) is 0 Å². The van der Waals surface area contributed by atoms with E-state index < -0.39 is 0 Å². The third-order valence-electron chi connectivity index (χ3n) is 2.98. The SMILES string of the molecule is CN[C@H]1CCN(Cc2cccc(Cl)c2)C1. The van der Waals surface area contributed by atoms with Gasteiger partial charge in [-0.1, -0.05) is 23.7 Å². The number of rotatable bonds is 3. The first-order chi connectivity index (χ1) is 7.28. The summed E-state index contributed by atoms with van der Waals surface area (Å²) in [7, 11) is 2.04. The molecule has 0 bridgehead atoms. The summed E-state index contributed by atoms with van der Waals surface area (Å²) >= 11 is 5.96. The summed E-state index contributed by atoms with van der Waals surface area (Å²) in [5, 5.41) is 4.15. The lowest BCUT2D eigenvalue weighted by atomic mass is 10.2. The molecule has 1 aromatic rings. The number of hydrogen-bond donors (Lipinski definition) is 1. The Balaban J connectivity index is 1.92.